The highest BCUT2D eigenvalue weighted by Gasteiger charge is 2.30. The Bertz CT molecular complexity index is 527. The smallest absolute Gasteiger partial charge is 0.263 e. The van der Waals surface area contributed by atoms with Gasteiger partial charge in [0.2, 0.25) is 0 Å². The van der Waals surface area contributed by atoms with E-state index in [1.807, 2.05) is 12.1 Å². The van der Waals surface area contributed by atoms with Gasteiger partial charge in [-0.15, -0.1) is 0 Å². The summed E-state index contributed by atoms with van der Waals surface area (Å²) in [5.74, 6) is 6.18. The molecule has 2 atom stereocenters. The Morgan fingerprint density at radius 3 is 2.71 bits per heavy atom. The second-order valence-electron chi connectivity index (χ2n) is 4.56. The third-order valence-electron chi connectivity index (χ3n) is 3.17. The number of rotatable bonds is 5. The molecule has 1 aromatic rings. The molecule has 1 aliphatic heterocycles. The maximum absolute atomic E-state index is 11.4. The lowest BCUT2D eigenvalue weighted by Gasteiger charge is -2.15. The van der Waals surface area contributed by atoms with Gasteiger partial charge in [0.1, 0.15) is 24.2 Å². The Hall–Kier alpha value is -0.830. The molecule has 0 saturated carbocycles. The van der Waals surface area contributed by atoms with Crippen LogP contribution in [0.5, 0.6) is 11.5 Å². The van der Waals surface area contributed by atoms with Crippen molar-refractivity contribution in [2.45, 2.75) is 25.0 Å². The molecule has 2 rings (SSSR count). The highest BCUT2D eigenvalue weighted by atomic mass is 79.9. The molecule has 1 aliphatic rings. The molecule has 0 aliphatic carbocycles. The number of nitrogens with one attached hydrogen (secondary N) is 1. The number of hydrogen-bond acceptors (Lipinski definition) is 5. The molecule has 0 spiro atoms. The number of ether oxygens (including phenoxy) is 3. The predicted octanol–water partition coefficient (Wildman–Crippen LogP) is 2.14. The average Bonchev–Trinajstić information content (AvgIpc) is 2.95. The van der Waals surface area contributed by atoms with Crippen LogP contribution in [0.15, 0.2) is 21.1 Å². The van der Waals surface area contributed by atoms with Crippen LogP contribution in [-0.2, 0) is 9.53 Å². The van der Waals surface area contributed by atoms with E-state index >= 15 is 0 Å². The summed E-state index contributed by atoms with van der Waals surface area (Å²) >= 11 is 6.84. The van der Waals surface area contributed by atoms with Gasteiger partial charge in [-0.05, 0) is 56.8 Å². The van der Waals surface area contributed by atoms with E-state index in [2.05, 4.69) is 37.3 Å². The van der Waals surface area contributed by atoms with Crippen molar-refractivity contribution in [3.63, 3.8) is 0 Å². The van der Waals surface area contributed by atoms with Gasteiger partial charge in [-0.1, -0.05) is 0 Å². The van der Waals surface area contributed by atoms with E-state index in [0.717, 1.165) is 15.4 Å². The molecular weight excluding hydrogens is 408 g/mol. The van der Waals surface area contributed by atoms with Crippen LogP contribution in [0.1, 0.15) is 12.8 Å². The largest absolute Gasteiger partial charge is 0.496 e. The zero-order chi connectivity index (χ0) is 15.4. The second kappa shape index (κ2) is 7.44. The molecule has 2 unspecified atom stereocenters. The molecule has 1 fully saturated rings. The van der Waals surface area contributed by atoms with Gasteiger partial charge in [-0.25, -0.2) is 5.84 Å². The summed E-state index contributed by atoms with van der Waals surface area (Å²) in [5, 5.41) is 0. The summed E-state index contributed by atoms with van der Waals surface area (Å²) < 4.78 is 18.1. The maximum atomic E-state index is 11.4. The number of methoxy groups -OCH3 is 1. The first-order valence-electron chi connectivity index (χ1n) is 6.37. The maximum Gasteiger partial charge on any atom is 0.263 e. The third-order valence-corrected chi connectivity index (χ3v) is 4.41. The van der Waals surface area contributed by atoms with Crippen LogP contribution in [-0.4, -0.2) is 31.8 Å². The number of hydrazine groups is 1. The molecule has 1 amide bonds. The van der Waals surface area contributed by atoms with Crippen LogP contribution in [0.2, 0.25) is 0 Å². The van der Waals surface area contributed by atoms with E-state index in [1.165, 1.54) is 0 Å². The topological polar surface area (TPSA) is 82.8 Å². The van der Waals surface area contributed by atoms with Crippen molar-refractivity contribution in [1.29, 1.82) is 0 Å². The van der Waals surface area contributed by atoms with Crippen LogP contribution in [0.3, 0.4) is 0 Å². The monoisotopic (exact) mass is 422 g/mol. The highest BCUT2D eigenvalue weighted by molar-refractivity contribution is 9.11. The fraction of sp³-hybridized carbons (Fsp3) is 0.462. The number of carbonyl (C=O) groups is 1. The zero-order valence-electron chi connectivity index (χ0n) is 11.4. The van der Waals surface area contributed by atoms with Gasteiger partial charge in [0.25, 0.3) is 5.91 Å². The van der Waals surface area contributed by atoms with E-state index in [1.54, 1.807) is 7.11 Å². The standard InChI is InChI=1S/C13H16Br2N2O4/c1-19-11-4-9(15)12(5-8(11)14)20-6-7-2-3-10(21-7)13(18)17-16/h4-5,7,10H,2-3,6,16H2,1H3,(H,17,18). The van der Waals surface area contributed by atoms with Gasteiger partial charge in [0.05, 0.1) is 22.2 Å². The molecule has 0 radical (unpaired) electrons. The van der Waals surface area contributed by atoms with Gasteiger partial charge in [0, 0.05) is 0 Å². The number of benzene rings is 1. The first-order valence-corrected chi connectivity index (χ1v) is 7.95. The molecule has 1 heterocycles. The van der Waals surface area contributed by atoms with E-state index < -0.39 is 6.10 Å². The first-order chi connectivity index (χ1) is 10.0. The molecular formula is C13H16Br2N2O4. The minimum Gasteiger partial charge on any atom is -0.496 e. The second-order valence-corrected chi connectivity index (χ2v) is 6.27. The van der Waals surface area contributed by atoms with E-state index in [0.29, 0.717) is 24.5 Å². The summed E-state index contributed by atoms with van der Waals surface area (Å²) in [6.45, 7) is 0.367. The van der Waals surface area contributed by atoms with Gasteiger partial charge in [0.15, 0.2) is 0 Å². The van der Waals surface area contributed by atoms with Crippen LogP contribution >= 0.6 is 31.9 Å². The molecule has 3 N–H and O–H groups in total. The predicted molar refractivity (Wildman–Crippen MR) is 84.1 cm³/mol. The highest BCUT2D eigenvalue weighted by Crippen LogP contribution is 2.36. The van der Waals surface area contributed by atoms with Crippen molar-refractivity contribution in [2.24, 2.45) is 5.84 Å². The molecule has 0 bridgehead atoms. The Labute approximate surface area is 139 Å². The van der Waals surface area contributed by atoms with E-state index in [-0.39, 0.29) is 12.0 Å². The summed E-state index contributed by atoms with van der Waals surface area (Å²) in [7, 11) is 1.60. The Kier molecular flexibility index (Phi) is 5.86. The molecule has 8 heteroatoms. The summed E-state index contributed by atoms with van der Waals surface area (Å²) in [4.78, 5) is 11.4. The quantitative estimate of drug-likeness (QED) is 0.430. The Morgan fingerprint density at radius 1 is 1.38 bits per heavy atom. The van der Waals surface area contributed by atoms with Crippen molar-refractivity contribution in [1.82, 2.24) is 5.43 Å². The summed E-state index contributed by atoms with van der Waals surface area (Å²) in [6, 6.07) is 3.64. The van der Waals surface area contributed by atoms with Gasteiger partial charge in [-0.2, -0.15) is 0 Å². The van der Waals surface area contributed by atoms with Gasteiger partial charge in [-0.3, -0.25) is 10.2 Å². The minimum atomic E-state index is -0.491. The molecule has 21 heavy (non-hydrogen) atoms. The van der Waals surface area contributed by atoms with Crippen molar-refractivity contribution in [3.8, 4) is 11.5 Å². The number of carbonyl (C=O) groups excluding carboxylic acids is 1. The van der Waals surface area contributed by atoms with Crippen LogP contribution < -0.4 is 20.7 Å². The van der Waals surface area contributed by atoms with E-state index in [9.17, 15) is 4.79 Å². The third kappa shape index (κ3) is 4.09. The molecule has 116 valence electrons. The number of nitrogens with two attached hydrogens (primary N) is 1. The lowest BCUT2D eigenvalue weighted by atomic mass is 10.2. The fourth-order valence-corrected chi connectivity index (χ4v) is 3.00. The molecule has 1 aromatic carbocycles. The minimum absolute atomic E-state index is 0.125. The Balaban J connectivity index is 1.92. The number of halogens is 2. The van der Waals surface area contributed by atoms with Gasteiger partial charge < -0.3 is 14.2 Å². The van der Waals surface area contributed by atoms with E-state index in [4.69, 9.17) is 20.1 Å². The van der Waals surface area contributed by atoms with Crippen molar-refractivity contribution >= 4 is 37.8 Å². The van der Waals surface area contributed by atoms with Crippen molar-refractivity contribution in [2.75, 3.05) is 13.7 Å². The average molecular weight is 424 g/mol. The zero-order valence-corrected chi connectivity index (χ0v) is 14.6. The lowest BCUT2D eigenvalue weighted by Crippen LogP contribution is -2.39. The summed E-state index contributed by atoms with van der Waals surface area (Å²) in [6.07, 6.45) is 0.784. The van der Waals surface area contributed by atoms with Gasteiger partial charge >= 0.3 is 0 Å². The molecule has 1 saturated heterocycles. The Morgan fingerprint density at radius 2 is 2.05 bits per heavy atom. The molecule has 0 aromatic heterocycles. The van der Waals surface area contributed by atoms with Crippen LogP contribution in [0.25, 0.3) is 0 Å². The fourth-order valence-electron chi connectivity index (χ4n) is 2.07. The number of hydrogen-bond donors (Lipinski definition) is 2. The van der Waals surface area contributed by atoms with Crippen LogP contribution in [0, 0.1) is 0 Å². The SMILES string of the molecule is COc1cc(Br)c(OCC2CCC(C(=O)NN)O2)cc1Br. The van der Waals surface area contributed by atoms with Crippen molar-refractivity contribution in [3.05, 3.63) is 21.1 Å². The summed E-state index contributed by atoms with van der Waals surface area (Å²) in [5.41, 5.74) is 2.10. The molecule has 6 nitrogen and oxygen atoms in total. The van der Waals surface area contributed by atoms with Crippen molar-refractivity contribution < 1.29 is 19.0 Å². The van der Waals surface area contributed by atoms with Crippen LogP contribution in [0.4, 0.5) is 0 Å². The normalized spacial score (nSPS) is 21.1. The number of amides is 1. The first kappa shape index (κ1) is 16.5. The lowest BCUT2D eigenvalue weighted by molar-refractivity contribution is -0.132.